The Labute approximate surface area is 67.5 Å². The van der Waals surface area contributed by atoms with Gasteiger partial charge in [-0.15, -0.1) is 5.57 Å². The van der Waals surface area contributed by atoms with E-state index in [0.29, 0.717) is 0 Å². The van der Waals surface area contributed by atoms with Gasteiger partial charge in [0.25, 0.3) is 0 Å². The first-order valence-electron chi connectivity index (χ1n) is 3.59. The van der Waals surface area contributed by atoms with Crippen molar-refractivity contribution in [1.82, 2.24) is 0 Å². The first kappa shape index (κ1) is 8.05. The van der Waals surface area contributed by atoms with E-state index < -0.39 is 0 Å². The smallest absolute Gasteiger partial charge is 0.0544 e. The average molecular weight is 153 g/mol. The third-order valence-electron chi connectivity index (χ3n) is 1.84. The number of methoxy groups -OCH3 is 1. The van der Waals surface area contributed by atoms with E-state index >= 15 is 0 Å². The van der Waals surface area contributed by atoms with Crippen LogP contribution in [0.2, 0.25) is 0 Å². The summed E-state index contributed by atoms with van der Waals surface area (Å²) in [6.45, 7) is 5.89. The molecule has 2 nitrogen and oxygen atoms in total. The van der Waals surface area contributed by atoms with Gasteiger partial charge in [0.1, 0.15) is 0 Å². The molecular weight excluding hydrogens is 140 g/mol. The Morgan fingerprint density at radius 1 is 1.45 bits per heavy atom. The number of hydrogen-bond acceptors (Lipinski definition) is 2. The average Bonchev–Trinajstić information content (AvgIpc) is 1.99. The van der Waals surface area contributed by atoms with Crippen molar-refractivity contribution in [3.8, 4) is 0 Å². The number of hydrogen-bond donors (Lipinski definition) is 0. The summed E-state index contributed by atoms with van der Waals surface area (Å²) in [5.74, 6) is 0.925. The van der Waals surface area contributed by atoms with Crippen LogP contribution in [-0.2, 0) is 9.47 Å². The van der Waals surface area contributed by atoms with Gasteiger partial charge in [-0.1, -0.05) is 26.3 Å². The van der Waals surface area contributed by atoms with Gasteiger partial charge in [-0.2, -0.15) is 0 Å². The van der Waals surface area contributed by atoms with Crippen LogP contribution in [0.5, 0.6) is 0 Å². The van der Waals surface area contributed by atoms with Crippen molar-refractivity contribution in [2.45, 2.75) is 20.8 Å². The molecule has 0 amide bonds. The van der Waals surface area contributed by atoms with Gasteiger partial charge in [-0.3, -0.25) is 0 Å². The lowest BCUT2D eigenvalue weighted by molar-refractivity contribution is 0.236. The quantitative estimate of drug-likeness (QED) is 0.538. The Kier molecular flexibility index (Phi) is 2.13. The van der Waals surface area contributed by atoms with Gasteiger partial charge in [0.2, 0.25) is 0 Å². The van der Waals surface area contributed by atoms with Crippen molar-refractivity contribution < 1.29 is 9.47 Å². The highest BCUT2D eigenvalue weighted by Crippen LogP contribution is 2.28. The van der Waals surface area contributed by atoms with Gasteiger partial charge in [0, 0.05) is 0 Å². The molecule has 1 aliphatic rings. The fourth-order valence-corrected chi connectivity index (χ4v) is 1.09. The highest BCUT2D eigenvalue weighted by Gasteiger charge is 2.05. The fourth-order valence-electron chi connectivity index (χ4n) is 1.09. The molecule has 0 spiro atoms. The van der Waals surface area contributed by atoms with E-state index in [0.717, 1.165) is 23.0 Å². The van der Waals surface area contributed by atoms with Crippen LogP contribution in [-0.4, -0.2) is 7.11 Å². The second kappa shape index (κ2) is 2.91. The van der Waals surface area contributed by atoms with Crippen LogP contribution in [0.4, 0.5) is 0 Å². The van der Waals surface area contributed by atoms with Crippen LogP contribution >= 0.6 is 0 Å². The molecule has 0 fully saturated rings. The van der Waals surface area contributed by atoms with Gasteiger partial charge in [-0.25, -0.2) is 0 Å². The predicted octanol–water partition coefficient (Wildman–Crippen LogP) is 2.39. The molecule has 0 aromatic carbocycles. The van der Waals surface area contributed by atoms with Crippen molar-refractivity contribution in [2.24, 2.45) is 0 Å². The van der Waals surface area contributed by atoms with Crippen molar-refractivity contribution in [2.75, 3.05) is 7.11 Å². The summed E-state index contributed by atoms with van der Waals surface area (Å²) in [6, 6.07) is 0. The third kappa shape index (κ3) is 1.34. The number of rotatable bonds is 1. The Morgan fingerprint density at radius 2 is 2.09 bits per heavy atom. The van der Waals surface area contributed by atoms with Crippen molar-refractivity contribution in [3.63, 3.8) is 0 Å². The maximum Gasteiger partial charge on any atom is 0.0544 e. The first-order valence-corrected chi connectivity index (χ1v) is 3.59. The summed E-state index contributed by atoms with van der Waals surface area (Å²) in [4.78, 5) is 0. The lowest BCUT2D eigenvalue weighted by atomic mass is 10.1. The molecule has 11 heavy (non-hydrogen) atoms. The zero-order valence-corrected chi connectivity index (χ0v) is 7.39. The predicted molar refractivity (Wildman–Crippen MR) is 43.5 cm³/mol. The van der Waals surface area contributed by atoms with Crippen LogP contribution in [0, 0.1) is 6.10 Å². The Balaban J connectivity index is 2.95. The summed E-state index contributed by atoms with van der Waals surface area (Å²) in [5, 5.41) is 0. The monoisotopic (exact) mass is 153 g/mol. The Bertz CT molecular complexity index is 214. The lowest BCUT2D eigenvalue weighted by Crippen LogP contribution is -2.07. The van der Waals surface area contributed by atoms with E-state index in [2.05, 4.69) is 0 Å². The normalized spacial score (nSPS) is 17.8. The van der Waals surface area contributed by atoms with Crippen LogP contribution in [0.1, 0.15) is 20.8 Å². The van der Waals surface area contributed by atoms with E-state index in [1.807, 2.05) is 20.8 Å². The molecule has 0 N–H and O–H groups in total. The standard InChI is InChI=1S/C9H13O2/c1-6-5-11-8(3)7(2)9(6)10-4/h5H,1-4H3/q-1. The molecule has 1 rings (SSSR count). The second-order valence-electron chi connectivity index (χ2n) is 2.63. The number of allylic oxidation sites excluding steroid dienone is 1. The first-order chi connectivity index (χ1) is 5.16. The molecule has 0 atom stereocenters. The molecule has 1 aliphatic heterocycles. The van der Waals surface area contributed by atoms with Crippen molar-refractivity contribution in [1.29, 1.82) is 0 Å². The van der Waals surface area contributed by atoms with Crippen LogP contribution in [0.3, 0.4) is 0 Å². The van der Waals surface area contributed by atoms with Crippen LogP contribution < -0.4 is 0 Å². The molecule has 0 bridgehead atoms. The van der Waals surface area contributed by atoms with Gasteiger partial charge < -0.3 is 9.47 Å². The SMILES string of the molecule is COC1=C(C)[C-](C)OC=C1C. The topological polar surface area (TPSA) is 18.5 Å². The molecule has 0 radical (unpaired) electrons. The van der Waals surface area contributed by atoms with Gasteiger partial charge in [0.05, 0.1) is 13.4 Å². The summed E-state index contributed by atoms with van der Waals surface area (Å²) < 4.78 is 10.4. The molecule has 1 heterocycles. The minimum Gasteiger partial charge on any atom is -0.581 e. The fraction of sp³-hybridized carbons (Fsp3) is 0.444. The zero-order chi connectivity index (χ0) is 8.43. The molecule has 0 unspecified atom stereocenters. The minimum atomic E-state index is 0.910. The molecular formula is C9H13O2-. The molecule has 0 aromatic rings. The molecule has 2 heteroatoms. The van der Waals surface area contributed by atoms with Crippen LogP contribution in [0.25, 0.3) is 0 Å². The van der Waals surface area contributed by atoms with Gasteiger partial charge in [0.15, 0.2) is 0 Å². The van der Waals surface area contributed by atoms with Crippen molar-refractivity contribution in [3.05, 3.63) is 29.3 Å². The highest BCUT2D eigenvalue weighted by atomic mass is 16.5. The molecule has 0 aromatic heterocycles. The Hall–Kier alpha value is -1.05. The molecule has 0 saturated carbocycles. The van der Waals surface area contributed by atoms with Crippen LogP contribution in [0.15, 0.2) is 23.2 Å². The van der Waals surface area contributed by atoms with E-state index in [1.54, 1.807) is 13.4 Å². The van der Waals surface area contributed by atoms with Crippen molar-refractivity contribution >= 4 is 0 Å². The summed E-state index contributed by atoms with van der Waals surface area (Å²) in [6.07, 6.45) is 2.62. The molecule has 0 aliphatic carbocycles. The van der Waals surface area contributed by atoms with Gasteiger partial charge >= 0.3 is 0 Å². The van der Waals surface area contributed by atoms with E-state index in [1.165, 1.54) is 0 Å². The maximum atomic E-state index is 5.25. The highest BCUT2D eigenvalue weighted by molar-refractivity contribution is 5.36. The lowest BCUT2D eigenvalue weighted by Gasteiger charge is -2.32. The zero-order valence-electron chi connectivity index (χ0n) is 7.39. The van der Waals surface area contributed by atoms with E-state index in [4.69, 9.17) is 9.47 Å². The maximum absolute atomic E-state index is 5.25. The summed E-state index contributed by atoms with van der Waals surface area (Å²) >= 11 is 0. The summed E-state index contributed by atoms with van der Waals surface area (Å²) in [5.41, 5.74) is 2.11. The molecule has 62 valence electrons. The van der Waals surface area contributed by atoms with Gasteiger partial charge in [-0.05, 0) is 11.9 Å². The Morgan fingerprint density at radius 3 is 2.55 bits per heavy atom. The molecule has 0 saturated heterocycles. The largest absolute Gasteiger partial charge is 0.581 e. The summed E-state index contributed by atoms with van der Waals surface area (Å²) in [7, 11) is 1.68. The van der Waals surface area contributed by atoms with E-state index in [9.17, 15) is 0 Å². The second-order valence-corrected chi connectivity index (χ2v) is 2.63. The van der Waals surface area contributed by atoms with E-state index in [-0.39, 0.29) is 0 Å². The minimum absolute atomic E-state index is 0.910. The number of ether oxygens (including phenoxy) is 2. The third-order valence-corrected chi connectivity index (χ3v) is 1.84.